The van der Waals surface area contributed by atoms with Crippen molar-refractivity contribution in [1.29, 1.82) is 0 Å². The molecule has 0 radical (unpaired) electrons. The maximum absolute atomic E-state index is 9.10. The number of ether oxygens (including phenoxy) is 1. The van der Waals surface area contributed by atoms with Crippen LogP contribution in [0.15, 0.2) is 0 Å². The van der Waals surface area contributed by atoms with E-state index in [-0.39, 0.29) is 5.92 Å². The van der Waals surface area contributed by atoms with Crippen LogP contribution in [-0.2, 0) is 4.74 Å². The lowest BCUT2D eigenvalue weighted by Gasteiger charge is -2.19. The predicted octanol–water partition coefficient (Wildman–Crippen LogP) is 2.56. The molecule has 0 aromatic carbocycles. The molecule has 0 aromatic heterocycles. The Morgan fingerprint density at radius 3 is 2.31 bits per heavy atom. The molecule has 0 aromatic rings. The lowest BCUT2D eigenvalue weighted by Crippen LogP contribution is -2.20. The molecule has 0 aliphatic carbocycles. The van der Waals surface area contributed by atoms with E-state index >= 15 is 0 Å². The van der Waals surface area contributed by atoms with Crippen molar-refractivity contribution in [3.05, 3.63) is 0 Å². The third kappa shape index (κ3) is 8.08. The molecule has 16 heavy (non-hydrogen) atoms. The minimum atomic E-state index is -1.17. The summed E-state index contributed by atoms with van der Waals surface area (Å²) in [4.78, 5) is 0. The summed E-state index contributed by atoms with van der Waals surface area (Å²) in [6, 6.07) is 0. The van der Waals surface area contributed by atoms with Crippen molar-refractivity contribution in [3.63, 3.8) is 0 Å². The van der Waals surface area contributed by atoms with E-state index < -0.39 is 6.29 Å². The highest BCUT2D eigenvalue weighted by Gasteiger charge is 2.15. The van der Waals surface area contributed by atoms with Gasteiger partial charge in [-0.3, -0.25) is 0 Å². The van der Waals surface area contributed by atoms with E-state index in [1.165, 1.54) is 6.42 Å². The highest BCUT2D eigenvalue weighted by Crippen LogP contribution is 2.18. The van der Waals surface area contributed by atoms with Crippen molar-refractivity contribution in [2.45, 2.75) is 59.2 Å². The fraction of sp³-hybridized carbons (Fsp3) is 1.00. The van der Waals surface area contributed by atoms with E-state index in [9.17, 15) is 0 Å². The summed E-state index contributed by atoms with van der Waals surface area (Å²) in [6.45, 7) is 7.94. The van der Waals surface area contributed by atoms with Crippen molar-refractivity contribution < 1.29 is 14.9 Å². The maximum atomic E-state index is 9.10. The first-order valence-corrected chi connectivity index (χ1v) is 6.55. The van der Waals surface area contributed by atoms with E-state index in [0.717, 1.165) is 38.9 Å². The van der Waals surface area contributed by atoms with Crippen LogP contribution in [0.2, 0.25) is 0 Å². The van der Waals surface area contributed by atoms with Crippen LogP contribution in [0.25, 0.3) is 0 Å². The Bertz CT molecular complexity index is 148. The Morgan fingerprint density at radius 1 is 1.12 bits per heavy atom. The van der Waals surface area contributed by atoms with Gasteiger partial charge in [0.1, 0.15) is 0 Å². The van der Waals surface area contributed by atoms with Gasteiger partial charge in [0.05, 0.1) is 0 Å². The Kier molecular flexibility index (Phi) is 9.99. The van der Waals surface area contributed by atoms with Crippen LogP contribution in [0.3, 0.4) is 0 Å². The molecule has 2 unspecified atom stereocenters. The van der Waals surface area contributed by atoms with Crippen molar-refractivity contribution in [2.75, 3.05) is 13.2 Å². The van der Waals surface area contributed by atoms with Crippen molar-refractivity contribution in [2.24, 2.45) is 11.8 Å². The quantitative estimate of drug-likeness (QED) is 0.449. The van der Waals surface area contributed by atoms with Crippen LogP contribution in [0.5, 0.6) is 0 Å². The van der Waals surface area contributed by atoms with Crippen LogP contribution >= 0.6 is 0 Å². The number of unbranched alkanes of at least 4 members (excludes halogenated alkanes) is 1. The molecular weight excluding hydrogens is 204 g/mol. The fourth-order valence-corrected chi connectivity index (χ4v) is 1.68. The largest absolute Gasteiger partial charge is 0.381 e. The SMILES string of the molecule is CCCCOCC(C)CCC(CC)C(O)O. The molecule has 3 nitrogen and oxygen atoms in total. The molecule has 2 N–H and O–H groups in total. The van der Waals surface area contributed by atoms with Gasteiger partial charge in [-0.2, -0.15) is 0 Å². The fourth-order valence-electron chi connectivity index (χ4n) is 1.68. The smallest absolute Gasteiger partial charge is 0.154 e. The van der Waals surface area contributed by atoms with Gasteiger partial charge in [-0.1, -0.05) is 27.2 Å². The first-order valence-electron chi connectivity index (χ1n) is 6.55. The van der Waals surface area contributed by atoms with Crippen LogP contribution in [0.1, 0.15) is 52.9 Å². The first kappa shape index (κ1) is 15.9. The van der Waals surface area contributed by atoms with Crippen molar-refractivity contribution >= 4 is 0 Å². The van der Waals surface area contributed by atoms with Gasteiger partial charge in [-0.15, -0.1) is 0 Å². The second-order valence-corrected chi connectivity index (χ2v) is 4.69. The second kappa shape index (κ2) is 10.1. The highest BCUT2D eigenvalue weighted by atomic mass is 16.5. The van der Waals surface area contributed by atoms with Gasteiger partial charge in [-0.05, 0) is 31.6 Å². The maximum Gasteiger partial charge on any atom is 0.154 e. The normalized spacial score (nSPS) is 15.4. The van der Waals surface area contributed by atoms with Crippen molar-refractivity contribution in [3.8, 4) is 0 Å². The average molecular weight is 232 g/mol. The van der Waals surface area contributed by atoms with Gasteiger partial charge in [0, 0.05) is 19.1 Å². The molecular formula is C13H28O3. The average Bonchev–Trinajstić information content (AvgIpc) is 2.25. The molecule has 0 bridgehead atoms. The predicted molar refractivity (Wildman–Crippen MR) is 66.1 cm³/mol. The number of rotatable bonds is 10. The van der Waals surface area contributed by atoms with Gasteiger partial charge in [0.2, 0.25) is 0 Å². The summed E-state index contributed by atoms with van der Waals surface area (Å²) >= 11 is 0. The lowest BCUT2D eigenvalue weighted by molar-refractivity contribution is -0.0883. The van der Waals surface area contributed by atoms with Gasteiger partial charge in [-0.25, -0.2) is 0 Å². The zero-order chi connectivity index (χ0) is 12.4. The summed E-state index contributed by atoms with van der Waals surface area (Å²) in [5.41, 5.74) is 0. The minimum Gasteiger partial charge on any atom is -0.381 e. The molecule has 2 atom stereocenters. The van der Waals surface area contributed by atoms with E-state index in [1.54, 1.807) is 0 Å². The van der Waals surface area contributed by atoms with Crippen LogP contribution < -0.4 is 0 Å². The van der Waals surface area contributed by atoms with E-state index in [2.05, 4.69) is 13.8 Å². The molecule has 3 heteroatoms. The van der Waals surface area contributed by atoms with Crippen LogP contribution in [-0.4, -0.2) is 29.7 Å². The van der Waals surface area contributed by atoms with Crippen LogP contribution in [0, 0.1) is 11.8 Å². The molecule has 0 aliphatic rings. The molecule has 0 amide bonds. The van der Waals surface area contributed by atoms with Crippen LogP contribution in [0.4, 0.5) is 0 Å². The van der Waals surface area contributed by atoms with Gasteiger partial charge in [0.25, 0.3) is 0 Å². The number of hydrogen-bond acceptors (Lipinski definition) is 3. The summed E-state index contributed by atoms with van der Waals surface area (Å²) in [5, 5.41) is 18.2. The molecule has 0 heterocycles. The summed E-state index contributed by atoms with van der Waals surface area (Å²) in [6.07, 6.45) is 3.82. The zero-order valence-corrected chi connectivity index (χ0v) is 11.0. The van der Waals surface area contributed by atoms with E-state index in [4.69, 9.17) is 14.9 Å². The molecule has 0 aliphatic heterocycles. The van der Waals surface area contributed by atoms with E-state index in [1.807, 2.05) is 6.92 Å². The third-order valence-electron chi connectivity index (χ3n) is 3.02. The second-order valence-electron chi connectivity index (χ2n) is 4.69. The molecule has 0 rings (SSSR count). The summed E-state index contributed by atoms with van der Waals surface area (Å²) in [5.74, 6) is 0.516. The Hall–Kier alpha value is -0.120. The highest BCUT2D eigenvalue weighted by molar-refractivity contribution is 4.62. The number of hydrogen-bond donors (Lipinski definition) is 2. The minimum absolute atomic E-state index is 0.0121. The van der Waals surface area contributed by atoms with E-state index in [0.29, 0.717) is 5.92 Å². The standard InChI is InChI=1S/C13H28O3/c1-4-6-9-16-10-11(3)7-8-12(5-2)13(14)15/h11-15H,4-10H2,1-3H3. The third-order valence-corrected chi connectivity index (χ3v) is 3.02. The summed E-state index contributed by atoms with van der Waals surface area (Å²) < 4.78 is 5.54. The topological polar surface area (TPSA) is 49.7 Å². The summed E-state index contributed by atoms with van der Waals surface area (Å²) in [7, 11) is 0. The zero-order valence-electron chi connectivity index (χ0n) is 11.0. The molecule has 0 saturated heterocycles. The van der Waals surface area contributed by atoms with Gasteiger partial charge >= 0.3 is 0 Å². The molecule has 0 spiro atoms. The first-order chi connectivity index (χ1) is 7.61. The molecule has 0 saturated carbocycles. The monoisotopic (exact) mass is 232 g/mol. The Morgan fingerprint density at radius 2 is 1.81 bits per heavy atom. The van der Waals surface area contributed by atoms with Gasteiger partial charge in [0.15, 0.2) is 6.29 Å². The number of aliphatic hydroxyl groups excluding tert-OH is 1. The van der Waals surface area contributed by atoms with Gasteiger partial charge < -0.3 is 14.9 Å². The van der Waals surface area contributed by atoms with Crippen molar-refractivity contribution in [1.82, 2.24) is 0 Å². The lowest BCUT2D eigenvalue weighted by atomic mass is 9.95. The molecule has 98 valence electrons. The number of aliphatic hydroxyl groups is 2. The Labute approximate surface area is 99.8 Å². The Balaban J connectivity index is 3.51. The molecule has 0 fully saturated rings.